The number of benzene rings is 2. The van der Waals surface area contributed by atoms with Crippen LogP contribution in [-0.4, -0.2) is 24.2 Å². The number of carbonyl (C=O) groups excluding carboxylic acids is 3. The maximum Gasteiger partial charge on any atom is 0.262 e. The van der Waals surface area contributed by atoms with Gasteiger partial charge in [-0.15, -0.1) is 0 Å². The first kappa shape index (κ1) is 17.7. The largest absolute Gasteiger partial charge is 0.484 e. The second-order valence-electron chi connectivity index (χ2n) is 6.26. The minimum Gasteiger partial charge on any atom is -0.484 e. The molecule has 0 radical (unpaired) electrons. The number of hydrogen-bond acceptors (Lipinski definition) is 4. The number of Topliss-reactive ketones (excluding diaryl/α,β-unsaturated/α-hetero) is 1. The third-order valence-electron chi connectivity index (χ3n) is 3.99. The van der Waals surface area contributed by atoms with E-state index >= 15 is 0 Å². The standard InChI is InChI=1S/C20H20N2O4/c1-13(23)15-3-2-4-18(11-15)26-12-19(24)21-16-7-9-17(10-8-16)22-20(25)14-5-6-14/h2-4,7-11,14H,5-6,12H2,1H3,(H,21,24)(H,22,25). The summed E-state index contributed by atoms with van der Waals surface area (Å²) in [6.45, 7) is 1.31. The molecule has 2 aromatic rings. The Balaban J connectivity index is 1.49. The SMILES string of the molecule is CC(=O)c1cccc(OCC(=O)Nc2ccc(NC(=O)C3CC3)cc2)c1. The smallest absolute Gasteiger partial charge is 0.262 e. The van der Waals surface area contributed by atoms with Crippen LogP contribution < -0.4 is 15.4 Å². The van der Waals surface area contributed by atoms with Gasteiger partial charge < -0.3 is 15.4 Å². The Morgan fingerprint density at radius 1 is 1.00 bits per heavy atom. The van der Waals surface area contributed by atoms with Crippen molar-refractivity contribution in [2.24, 2.45) is 5.92 Å². The molecule has 0 spiro atoms. The monoisotopic (exact) mass is 352 g/mol. The van der Waals surface area contributed by atoms with Gasteiger partial charge in [-0.3, -0.25) is 14.4 Å². The van der Waals surface area contributed by atoms with Crippen LogP contribution in [0.2, 0.25) is 0 Å². The number of ether oxygens (including phenoxy) is 1. The molecule has 1 saturated carbocycles. The van der Waals surface area contributed by atoms with Gasteiger partial charge in [0.05, 0.1) is 0 Å². The van der Waals surface area contributed by atoms with Gasteiger partial charge in [0.1, 0.15) is 5.75 Å². The molecule has 2 N–H and O–H groups in total. The number of hydrogen-bond donors (Lipinski definition) is 2. The molecule has 0 atom stereocenters. The summed E-state index contributed by atoms with van der Waals surface area (Å²) in [6.07, 6.45) is 1.91. The Morgan fingerprint density at radius 2 is 1.65 bits per heavy atom. The lowest BCUT2D eigenvalue weighted by atomic mass is 10.1. The summed E-state index contributed by atoms with van der Waals surface area (Å²) in [6, 6.07) is 13.6. The van der Waals surface area contributed by atoms with Gasteiger partial charge >= 0.3 is 0 Å². The molecule has 134 valence electrons. The highest BCUT2D eigenvalue weighted by molar-refractivity contribution is 5.95. The molecule has 1 fully saturated rings. The first-order valence-corrected chi connectivity index (χ1v) is 8.46. The Morgan fingerprint density at radius 3 is 2.27 bits per heavy atom. The molecule has 6 nitrogen and oxygen atoms in total. The van der Waals surface area contributed by atoms with Crippen LogP contribution >= 0.6 is 0 Å². The lowest BCUT2D eigenvalue weighted by Crippen LogP contribution is -2.20. The highest BCUT2D eigenvalue weighted by Gasteiger charge is 2.29. The van der Waals surface area contributed by atoms with Crippen LogP contribution in [0.3, 0.4) is 0 Å². The van der Waals surface area contributed by atoms with Crippen molar-refractivity contribution in [3.05, 3.63) is 54.1 Å². The van der Waals surface area contributed by atoms with Crippen molar-refractivity contribution in [2.75, 3.05) is 17.2 Å². The lowest BCUT2D eigenvalue weighted by molar-refractivity contribution is -0.118. The summed E-state index contributed by atoms with van der Waals surface area (Å²) in [5, 5.41) is 5.56. The Bertz CT molecular complexity index is 826. The zero-order chi connectivity index (χ0) is 18.5. The van der Waals surface area contributed by atoms with Gasteiger partial charge in [-0.2, -0.15) is 0 Å². The number of rotatable bonds is 7. The Hall–Kier alpha value is -3.15. The van der Waals surface area contributed by atoms with Crippen LogP contribution in [-0.2, 0) is 9.59 Å². The van der Waals surface area contributed by atoms with E-state index in [0.717, 1.165) is 12.8 Å². The molecule has 0 heterocycles. The third-order valence-corrected chi connectivity index (χ3v) is 3.99. The highest BCUT2D eigenvalue weighted by atomic mass is 16.5. The average Bonchev–Trinajstić information content (AvgIpc) is 3.47. The van der Waals surface area contributed by atoms with Crippen molar-refractivity contribution in [1.29, 1.82) is 0 Å². The molecule has 1 aliphatic rings. The van der Waals surface area contributed by atoms with E-state index < -0.39 is 0 Å². The van der Waals surface area contributed by atoms with E-state index in [1.54, 1.807) is 48.5 Å². The fraction of sp³-hybridized carbons (Fsp3) is 0.250. The van der Waals surface area contributed by atoms with Gasteiger partial charge in [0.2, 0.25) is 5.91 Å². The first-order valence-electron chi connectivity index (χ1n) is 8.46. The number of ketones is 1. The molecule has 26 heavy (non-hydrogen) atoms. The maximum absolute atomic E-state index is 12.0. The van der Waals surface area contributed by atoms with E-state index in [0.29, 0.717) is 22.7 Å². The molecule has 0 aromatic heterocycles. The molecule has 2 amide bonds. The lowest BCUT2D eigenvalue weighted by Gasteiger charge is -2.09. The molecule has 1 aliphatic carbocycles. The second-order valence-corrected chi connectivity index (χ2v) is 6.26. The summed E-state index contributed by atoms with van der Waals surface area (Å²) < 4.78 is 5.42. The van der Waals surface area contributed by atoms with Gasteiger partial charge in [0.15, 0.2) is 12.4 Å². The molecule has 2 aromatic carbocycles. The van der Waals surface area contributed by atoms with Gasteiger partial charge in [0, 0.05) is 22.9 Å². The molecule has 0 unspecified atom stereocenters. The Labute approximate surface area is 151 Å². The molecular weight excluding hydrogens is 332 g/mol. The maximum atomic E-state index is 12.0. The van der Waals surface area contributed by atoms with Crippen LogP contribution in [0.5, 0.6) is 5.75 Å². The van der Waals surface area contributed by atoms with E-state index in [2.05, 4.69) is 10.6 Å². The van der Waals surface area contributed by atoms with Gasteiger partial charge in [-0.1, -0.05) is 12.1 Å². The van der Waals surface area contributed by atoms with Crippen LogP contribution in [0.4, 0.5) is 11.4 Å². The number of amides is 2. The van der Waals surface area contributed by atoms with Gasteiger partial charge in [-0.25, -0.2) is 0 Å². The van der Waals surface area contributed by atoms with E-state index in [4.69, 9.17) is 4.74 Å². The van der Waals surface area contributed by atoms with Crippen molar-refractivity contribution < 1.29 is 19.1 Å². The predicted molar refractivity (Wildman–Crippen MR) is 98.4 cm³/mol. The topological polar surface area (TPSA) is 84.5 Å². The van der Waals surface area contributed by atoms with Gasteiger partial charge in [-0.05, 0) is 56.2 Å². The van der Waals surface area contributed by atoms with E-state index in [1.807, 2.05) is 0 Å². The summed E-state index contributed by atoms with van der Waals surface area (Å²) in [4.78, 5) is 35.0. The molecule has 0 saturated heterocycles. The van der Waals surface area contributed by atoms with Crippen LogP contribution in [0.25, 0.3) is 0 Å². The minimum atomic E-state index is -0.312. The van der Waals surface area contributed by atoms with Crippen molar-refractivity contribution in [3.8, 4) is 5.75 Å². The fourth-order valence-electron chi connectivity index (χ4n) is 2.38. The minimum absolute atomic E-state index is 0.0444. The predicted octanol–water partition coefficient (Wildman–Crippen LogP) is 3.26. The molecular formula is C20H20N2O4. The molecule has 0 aliphatic heterocycles. The van der Waals surface area contributed by atoms with Crippen molar-refractivity contribution in [2.45, 2.75) is 19.8 Å². The molecule has 0 bridgehead atoms. The second kappa shape index (κ2) is 7.82. The fourth-order valence-corrected chi connectivity index (χ4v) is 2.38. The van der Waals surface area contributed by atoms with E-state index in [1.165, 1.54) is 6.92 Å². The third kappa shape index (κ3) is 4.92. The normalized spacial score (nSPS) is 13.0. The molecule has 6 heteroatoms. The quantitative estimate of drug-likeness (QED) is 0.749. The van der Waals surface area contributed by atoms with Crippen molar-refractivity contribution in [1.82, 2.24) is 0 Å². The summed E-state index contributed by atoms with van der Waals surface area (Å²) >= 11 is 0. The summed E-state index contributed by atoms with van der Waals surface area (Å²) in [5.41, 5.74) is 1.85. The first-order chi connectivity index (χ1) is 12.5. The number of anilines is 2. The number of carbonyl (C=O) groups is 3. The van der Waals surface area contributed by atoms with Crippen LogP contribution in [0.1, 0.15) is 30.1 Å². The molecule has 3 rings (SSSR count). The van der Waals surface area contributed by atoms with E-state index in [9.17, 15) is 14.4 Å². The van der Waals surface area contributed by atoms with Gasteiger partial charge in [0.25, 0.3) is 5.91 Å². The van der Waals surface area contributed by atoms with Crippen LogP contribution in [0, 0.1) is 5.92 Å². The summed E-state index contributed by atoms with van der Waals surface area (Å²) in [5.74, 6) is 0.281. The zero-order valence-corrected chi connectivity index (χ0v) is 14.5. The highest BCUT2D eigenvalue weighted by Crippen LogP contribution is 2.30. The van der Waals surface area contributed by atoms with Crippen molar-refractivity contribution >= 4 is 29.0 Å². The average molecular weight is 352 g/mol. The number of nitrogens with one attached hydrogen (secondary N) is 2. The van der Waals surface area contributed by atoms with E-state index in [-0.39, 0.29) is 30.1 Å². The Kier molecular flexibility index (Phi) is 5.31. The summed E-state index contributed by atoms with van der Waals surface area (Å²) in [7, 11) is 0. The zero-order valence-electron chi connectivity index (χ0n) is 14.5. The van der Waals surface area contributed by atoms with Crippen molar-refractivity contribution in [3.63, 3.8) is 0 Å². The van der Waals surface area contributed by atoms with Crippen LogP contribution in [0.15, 0.2) is 48.5 Å².